The number of Topliss-reactive ketones (excluding diaryl/α,β-unsaturated/α-hetero) is 1. The van der Waals surface area contributed by atoms with E-state index in [1.807, 2.05) is 12.1 Å². The number of H-pyrrole nitrogens is 1. The normalized spacial score (nSPS) is 11.0. The van der Waals surface area contributed by atoms with Crippen LogP contribution in [0.3, 0.4) is 0 Å². The number of fused-ring (bicyclic) bond motifs is 1. The lowest BCUT2D eigenvalue weighted by atomic mass is 10.2. The first-order valence-electron chi connectivity index (χ1n) is 6.28. The molecule has 3 aromatic rings. The summed E-state index contributed by atoms with van der Waals surface area (Å²) in [6.45, 7) is 1.60. The Kier molecular flexibility index (Phi) is 4.08. The molecule has 0 saturated heterocycles. The molecule has 0 aliphatic rings. The van der Waals surface area contributed by atoms with Crippen molar-refractivity contribution in [3.8, 4) is 0 Å². The van der Waals surface area contributed by atoms with Gasteiger partial charge in [-0.1, -0.05) is 39.8 Å². The van der Waals surface area contributed by atoms with Crippen LogP contribution < -0.4 is 5.56 Å². The molecule has 1 N–H and O–H groups in total. The Labute approximate surface area is 137 Å². The summed E-state index contributed by atoms with van der Waals surface area (Å²) in [6.07, 6.45) is 0. The summed E-state index contributed by atoms with van der Waals surface area (Å²) in [5.41, 5.74) is 0.637. The molecule has 3 rings (SSSR count). The van der Waals surface area contributed by atoms with E-state index >= 15 is 0 Å². The molecule has 7 nitrogen and oxygen atoms in total. The summed E-state index contributed by atoms with van der Waals surface area (Å²) in [5, 5.41) is 12.3. The minimum Gasteiger partial charge on any atom is -0.293 e. The van der Waals surface area contributed by atoms with Crippen molar-refractivity contribution < 1.29 is 4.79 Å². The Morgan fingerprint density at radius 1 is 1.32 bits per heavy atom. The maximum absolute atomic E-state index is 12.1. The number of hydrogen-bond donors (Lipinski definition) is 1. The van der Waals surface area contributed by atoms with Crippen LogP contribution in [0.15, 0.2) is 38.7 Å². The minimum absolute atomic E-state index is 0.0182. The van der Waals surface area contributed by atoms with Gasteiger partial charge in [-0.3, -0.25) is 14.6 Å². The van der Waals surface area contributed by atoms with Gasteiger partial charge in [0, 0.05) is 10.0 Å². The van der Waals surface area contributed by atoms with E-state index in [1.54, 1.807) is 19.1 Å². The molecule has 2 aromatic heterocycles. The van der Waals surface area contributed by atoms with Crippen LogP contribution in [0.25, 0.3) is 5.78 Å². The zero-order valence-corrected chi connectivity index (χ0v) is 13.8. The molecule has 0 saturated carbocycles. The lowest BCUT2D eigenvalue weighted by Crippen LogP contribution is -2.15. The van der Waals surface area contributed by atoms with E-state index in [-0.39, 0.29) is 22.9 Å². The number of aromatic nitrogens is 5. The molecule has 0 spiro atoms. The molecular formula is C13H10BrN5O2S. The number of carbonyl (C=O) groups is 1. The second kappa shape index (κ2) is 6.01. The fourth-order valence-corrected chi connectivity index (χ4v) is 2.80. The van der Waals surface area contributed by atoms with Gasteiger partial charge in [0.05, 0.1) is 5.75 Å². The number of nitrogens with zero attached hydrogens (tertiary/aromatic N) is 4. The largest absolute Gasteiger partial charge is 0.293 e. The Hall–Kier alpha value is -2.00. The van der Waals surface area contributed by atoms with Crippen LogP contribution in [0.5, 0.6) is 0 Å². The highest BCUT2D eigenvalue weighted by atomic mass is 79.9. The van der Waals surface area contributed by atoms with Gasteiger partial charge < -0.3 is 0 Å². The predicted molar refractivity (Wildman–Crippen MR) is 85.3 cm³/mol. The molecule has 0 bridgehead atoms. The summed E-state index contributed by atoms with van der Waals surface area (Å²) < 4.78 is 2.35. The molecule has 0 atom stereocenters. The maximum atomic E-state index is 12.1. The topological polar surface area (TPSA) is 93.0 Å². The number of hydrogen-bond acceptors (Lipinski definition) is 6. The molecule has 9 heteroatoms. The molecule has 112 valence electrons. The zero-order chi connectivity index (χ0) is 15.7. The van der Waals surface area contributed by atoms with Gasteiger partial charge in [-0.25, -0.2) is 0 Å². The van der Waals surface area contributed by atoms with Gasteiger partial charge in [0.2, 0.25) is 5.16 Å². The Balaban J connectivity index is 1.79. The van der Waals surface area contributed by atoms with E-state index < -0.39 is 0 Å². The van der Waals surface area contributed by atoms with Crippen molar-refractivity contribution in [3.63, 3.8) is 0 Å². The smallest absolute Gasteiger partial charge is 0.273 e. The molecule has 0 aliphatic heterocycles. The van der Waals surface area contributed by atoms with Crippen LogP contribution in [0.1, 0.15) is 16.1 Å². The highest BCUT2D eigenvalue weighted by Crippen LogP contribution is 2.18. The first-order valence-corrected chi connectivity index (χ1v) is 8.06. The lowest BCUT2D eigenvalue weighted by molar-refractivity contribution is 0.102. The third-order valence-electron chi connectivity index (χ3n) is 2.91. The SMILES string of the molecule is Cc1nn2c(SCC(=O)c3ccc(Br)cc3)nnc2[nH]c1=O. The molecule has 0 fully saturated rings. The summed E-state index contributed by atoms with van der Waals surface area (Å²) >= 11 is 4.55. The summed E-state index contributed by atoms with van der Waals surface area (Å²) in [5.74, 6) is 0.451. The van der Waals surface area contributed by atoms with Crippen molar-refractivity contribution in [3.05, 3.63) is 50.3 Å². The number of aromatic amines is 1. The van der Waals surface area contributed by atoms with E-state index in [2.05, 4.69) is 36.2 Å². The van der Waals surface area contributed by atoms with Crippen molar-refractivity contribution in [2.45, 2.75) is 12.1 Å². The molecule has 0 aliphatic carbocycles. The molecule has 0 amide bonds. The van der Waals surface area contributed by atoms with Crippen molar-refractivity contribution >= 4 is 39.3 Å². The fourth-order valence-electron chi connectivity index (χ4n) is 1.76. The zero-order valence-electron chi connectivity index (χ0n) is 11.4. The number of carbonyl (C=O) groups excluding carboxylic acids is 1. The summed E-state index contributed by atoms with van der Waals surface area (Å²) in [4.78, 5) is 26.2. The van der Waals surface area contributed by atoms with Crippen LogP contribution in [0, 0.1) is 6.92 Å². The van der Waals surface area contributed by atoms with E-state index in [0.717, 1.165) is 4.47 Å². The lowest BCUT2D eigenvalue weighted by Gasteiger charge is -2.01. The van der Waals surface area contributed by atoms with Gasteiger partial charge >= 0.3 is 0 Å². The summed E-state index contributed by atoms with van der Waals surface area (Å²) in [7, 11) is 0. The second-order valence-corrected chi connectivity index (χ2v) is 6.33. The van der Waals surface area contributed by atoms with Gasteiger partial charge in [0.1, 0.15) is 5.69 Å². The third kappa shape index (κ3) is 2.95. The average molecular weight is 380 g/mol. The number of aryl methyl sites for hydroxylation is 1. The molecule has 2 heterocycles. The second-order valence-electron chi connectivity index (χ2n) is 4.48. The van der Waals surface area contributed by atoms with Crippen LogP contribution in [0.4, 0.5) is 0 Å². The van der Waals surface area contributed by atoms with Gasteiger partial charge in [0.15, 0.2) is 5.78 Å². The van der Waals surface area contributed by atoms with E-state index in [0.29, 0.717) is 16.4 Å². The monoisotopic (exact) mass is 379 g/mol. The Morgan fingerprint density at radius 3 is 2.77 bits per heavy atom. The molecule has 1 aromatic carbocycles. The van der Waals surface area contributed by atoms with Crippen LogP contribution in [0.2, 0.25) is 0 Å². The maximum Gasteiger partial charge on any atom is 0.273 e. The highest BCUT2D eigenvalue weighted by molar-refractivity contribution is 9.10. The van der Waals surface area contributed by atoms with Crippen molar-refractivity contribution in [2.24, 2.45) is 0 Å². The first-order chi connectivity index (χ1) is 10.5. The minimum atomic E-state index is -0.303. The average Bonchev–Trinajstić information content (AvgIpc) is 2.88. The van der Waals surface area contributed by atoms with E-state index in [4.69, 9.17) is 0 Å². The van der Waals surface area contributed by atoms with Crippen molar-refractivity contribution in [2.75, 3.05) is 5.75 Å². The number of ketones is 1. The number of thioether (sulfide) groups is 1. The van der Waals surface area contributed by atoms with Crippen LogP contribution in [-0.2, 0) is 0 Å². The molecule has 22 heavy (non-hydrogen) atoms. The third-order valence-corrected chi connectivity index (χ3v) is 4.36. The van der Waals surface area contributed by atoms with E-state index in [9.17, 15) is 9.59 Å². The number of halogens is 1. The van der Waals surface area contributed by atoms with Crippen molar-refractivity contribution in [1.82, 2.24) is 24.8 Å². The van der Waals surface area contributed by atoms with Crippen molar-refractivity contribution in [1.29, 1.82) is 0 Å². The van der Waals surface area contributed by atoms with Gasteiger partial charge in [-0.2, -0.15) is 9.61 Å². The Bertz CT molecular complexity index is 903. The number of benzene rings is 1. The van der Waals surface area contributed by atoms with Crippen LogP contribution >= 0.6 is 27.7 Å². The van der Waals surface area contributed by atoms with Gasteiger partial charge in [-0.05, 0) is 19.1 Å². The molecule has 0 radical (unpaired) electrons. The predicted octanol–water partition coefficient (Wildman–Crippen LogP) is 1.86. The van der Waals surface area contributed by atoms with Gasteiger partial charge in [-0.15, -0.1) is 10.2 Å². The van der Waals surface area contributed by atoms with Crippen LogP contribution in [-0.4, -0.2) is 36.3 Å². The quantitative estimate of drug-likeness (QED) is 0.549. The van der Waals surface area contributed by atoms with Gasteiger partial charge in [0.25, 0.3) is 11.3 Å². The van der Waals surface area contributed by atoms with E-state index in [1.165, 1.54) is 16.3 Å². The number of nitrogens with one attached hydrogen (secondary N) is 1. The summed E-state index contributed by atoms with van der Waals surface area (Å²) in [6, 6.07) is 7.16. The Morgan fingerprint density at radius 2 is 2.05 bits per heavy atom. The standard InChI is InChI=1S/C13H10BrN5O2S/c1-7-11(21)15-12-16-17-13(19(12)18-7)22-6-10(20)8-2-4-9(14)5-3-8/h2-5H,6H2,1H3,(H,15,16,21). The highest BCUT2D eigenvalue weighted by Gasteiger charge is 2.13. The molecule has 0 unspecified atom stereocenters. The molecular weight excluding hydrogens is 370 g/mol. The fraction of sp³-hybridized carbons (Fsp3) is 0.154. The number of rotatable bonds is 4. The first kappa shape index (κ1) is 14.9.